The van der Waals surface area contributed by atoms with E-state index in [1.807, 2.05) is 0 Å². The van der Waals surface area contributed by atoms with Gasteiger partial charge in [0, 0.05) is 12.2 Å². The van der Waals surface area contributed by atoms with Gasteiger partial charge in [-0.15, -0.1) is 0 Å². The van der Waals surface area contributed by atoms with E-state index in [4.69, 9.17) is 4.74 Å². The zero-order valence-corrected chi connectivity index (χ0v) is 12.8. The van der Waals surface area contributed by atoms with Crippen molar-refractivity contribution in [1.82, 2.24) is 5.32 Å². The zero-order valence-electron chi connectivity index (χ0n) is 12.8. The van der Waals surface area contributed by atoms with Crippen molar-refractivity contribution in [3.63, 3.8) is 0 Å². The van der Waals surface area contributed by atoms with Gasteiger partial charge < -0.3 is 15.4 Å². The number of piperidine rings is 1. The Labute approximate surface area is 123 Å². The molecule has 2 N–H and O–H groups in total. The van der Waals surface area contributed by atoms with Crippen LogP contribution in [-0.2, 0) is 0 Å². The van der Waals surface area contributed by atoms with Crippen LogP contribution in [0.15, 0.2) is 24.3 Å². The molecule has 3 heteroatoms. The summed E-state index contributed by atoms with van der Waals surface area (Å²) in [5.74, 6) is 1.78. The molecule has 0 saturated carbocycles. The van der Waals surface area contributed by atoms with Crippen LogP contribution < -0.4 is 15.4 Å². The van der Waals surface area contributed by atoms with Crippen molar-refractivity contribution in [2.24, 2.45) is 5.92 Å². The van der Waals surface area contributed by atoms with Crippen molar-refractivity contribution in [2.45, 2.75) is 45.6 Å². The monoisotopic (exact) mass is 276 g/mol. The van der Waals surface area contributed by atoms with Crippen molar-refractivity contribution in [2.75, 3.05) is 25.0 Å². The summed E-state index contributed by atoms with van der Waals surface area (Å²) in [7, 11) is 0. The third-order valence-corrected chi connectivity index (χ3v) is 3.73. The van der Waals surface area contributed by atoms with Gasteiger partial charge in [-0.3, -0.25) is 0 Å². The van der Waals surface area contributed by atoms with Gasteiger partial charge in [-0.1, -0.05) is 13.8 Å². The van der Waals surface area contributed by atoms with E-state index < -0.39 is 0 Å². The molecule has 0 amide bonds. The normalized spacial score (nSPS) is 16.4. The molecule has 1 aliphatic heterocycles. The van der Waals surface area contributed by atoms with Crippen molar-refractivity contribution < 1.29 is 4.74 Å². The number of ether oxygens (including phenoxy) is 1. The molecule has 0 bridgehead atoms. The summed E-state index contributed by atoms with van der Waals surface area (Å²) >= 11 is 0. The third-order valence-electron chi connectivity index (χ3n) is 3.73. The lowest BCUT2D eigenvalue weighted by Gasteiger charge is -2.23. The van der Waals surface area contributed by atoms with Gasteiger partial charge in [-0.2, -0.15) is 0 Å². The Morgan fingerprint density at radius 3 is 2.55 bits per heavy atom. The van der Waals surface area contributed by atoms with Crippen LogP contribution in [0.25, 0.3) is 0 Å². The Kier molecular flexibility index (Phi) is 6.19. The largest absolute Gasteiger partial charge is 0.490 e. The molecule has 0 aromatic heterocycles. The van der Waals surface area contributed by atoms with Gasteiger partial charge in [0.05, 0.1) is 0 Å². The average Bonchev–Trinajstić information content (AvgIpc) is 2.46. The predicted octanol–water partition coefficient (Wildman–Crippen LogP) is 3.67. The molecular formula is C17H28N2O. The van der Waals surface area contributed by atoms with Crippen LogP contribution in [0.3, 0.4) is 0 Å². The molecule has 0 aliphatic carbocycles. The second kappa shape index (κ2) is 8.15. The minimum absolute atomic E-state index is 0.376. The first kappa shape index (κ1) is 15.2. The molecule has 0 radical (unpaired) electrons. The summed E-state index contributed by atoms with van der Waals surface area (Å²) in [5.41, 5.74) is 1.19. The lowest BCUT2D eigenvalue weighted by atomic mass is 10.1. The molecule has 0 spiro atoms. The molecule has 1 aromatic rings. The molecule has 112 valence electrons. The quantitative estimate of drug-likeness (QED) is 0.746. The highest BCUT2D eigenvalue weighted by Crippen LogP contribution is 2.19. The molecule has 1 saturated heterocycles. The molecule has 3 nitrogen and oxygen atoms in total. The topological polar surface area (TPSA) is 33.3 Å². The van der Waals surface area contributed by atoms with Gasteiger partial charge >= 0.3 is 0 Å². The van der Waals surface area contributed by atoms with E-state index in [0.29, 0.717) is 6.10 Å². The molecule has 0 atom stereocenters. The van der Waals surface area contributed by atoms with Gasteiger partial charge in [0.25, 0.3) is 0 Å². The minimum Gasteiger partial charge on any atom is -0.490 e. The Balaban J connectivity index is 1.71. The molecule has 1 aromatic carbocycles. The number of nitrogens with one attached hydrogen (secondary N) is 2. The summed E-state index contributed by atoms with van der Waals surface area (Å²) in [4.78, 5) is 0. The van der Waals surface area contributed by atoms with Crippen LogP contribution in [0.5, 0.6) is 5.75 Å². The number of rotatable bonds is 7. The van der Waals surface area contributed by atoms with Gasteiger partial charge in [0.1, 0.15) is 11.9 Å². The van der Waals surface area contributed by atoms with E-state index in [0.717, 1.165) is 44.1 Å². The maximum absolute atomic E-state index is 6.00. The fourth-order valence-corrected chi connectivity index (χ4v) is 2.50. The highest BCUT2D eigenvalue weighted by Gasteiger charge is 2.14. The molecule has 2 rings (SSSR count). The van der Waals surface area contributed by atoms with E-state index in [2.05, 4.69) is 48.7 Å². The number of hydrogen-bond acceptors (Lipinski definition) is 3. The standard InChI is InChI=1S/C17H28N2O/c1-14(2)4-3-11-19-15-5-7-16(8-6-15)20-17-9-12-18-13-10-17/h5-8,14,17-19H,3-4,9-13H2,1-2H3. The maximum Gasteiger partial charge on any atom is 0.119 e. The fourth-order valence-electron chi connectivity index (χ4n) is 2.50. The second-order valence-electron chi connectivity index (χ2n) is 6.05. The Hall–Kier alpha value is -1.22. The Bertz CT molecular complexity index is 369. The minimum atomic E-state index is 0.376. The summed E-state index contributed by atoms with van der Waals surface area (Å²) in [6, 6.07) is 8.39. The third kappa shape index (κ3) is 5.41. The van der Waals surface area contributed by atoms with Gasteiger partial charge in [-0.05, 0) is 69.0 Å². The molecule has 1 fully saturated rings. The summed E-state index contributed by atoms with van der Waals surface area (Å²) in [5, 5.41) is 6.82. The second-order valence-corrected chi connectivity index (χ2v) is 6.05. The molecule has 0 unspecified atom stereocenters. The first-order chi connectivity index (χ1) is 9.74. The van der Waals surface area contributed by atoms with E-state index in [-0.39, 0.29) is 0 Å². The smallest absolute Gasteiger partial charge is 0.119 e. The SMILES string of the molecule is CC(C)CCCNc1ccc(OC2CCNCC2)cc1. The fraction of sp³-hybridized carbons (Fsp3) is 0.647. The van der Waals surface area contributed by atoms with Gasteiger partial charge in [-0.25, -0.2) is 0 Å². The van der Waals surface area contributed by atoms with Crippen molar-refractivity contribution in [1.29, 1.82) is 0 Å². The number of benzene rings is 1. The first-order valence-electron chi connectivity index (χ1n) is 7.95. The number of anilines is 1. The van der Waals surface area contributed by atoms with E-state index in [9.17, 15) is 0 Å². The van der Waals surface area contributed by atoms with Crippen LogP contribution in [-0.4, -0.2) is 25.7 Å². The predicted molar refractivity (Wildman–Crippen MR) is 85.5 cm³/mol. The lowest BCUT2D eigenvalue weighted by Crippen LogP contribution is -2.34. The zero-order chi connectivity index (χ0) is 14.2. The van der Waals surface area contributed by atoms with Crippen molar-refractivity contribution in [3.8, 4) is 5.75 Å². The Morgan fingerprint density at radius 2 is 1.90 bits per heavy atom. The van der Waals surface area contributed by atoms with Crippen molar-refractivity contribution in [3.05, 3.63) is 24.3 Å². The van der Waals surface area contributed by atoms with Crippen LogP contribution in [0.2, 0.25) is 0 Å². The molecule has 20 heavy (non-hydrogen) atoms. The van der Waals surface area contributed by atoms with Gasteiger partial charge in [0.15, 0.2) is 0 Å². The first-order valence-corrected chi connectivity index (χ1v) is 7.95. The summed E-state index contributed by atoms with van der Waals surface area (Å²) < 4.78 is 6.00. The van der Waals surface area contributed by atoms with Crippen LogP contribution in [0.1, 0.15) is 39.5 Å². The summed E-state index contributed by atoms with van der Waals surface area (Å²) in [6.45, 7) is 7.73. The summed E-state index contributed by atoms with van der Waals surface area (Å²) in [6.07, 6.45) is 5.10. The maximum atomic E-state index is 6.00. The van der Waals surface area contributed by atoms with E-state index in [1.165, 1.54) is 18.5 Å². The van der Waals surface area contributed by atoms with Crippen LogP contribution in [0.4, 0.5) is 5.69 Å². The lowest BCUT2D eigenvalue weighted by molar-refractivity contribution is 0.162. The number of hydrogen-bond donors (Lipinski definition) is 2. The Morgan fingerprint density at radius 1 is 1.20 bits per heavy atom. The van der Waals surface area contributed by atoms with E-state index in [1.54, 1.807) is 0 Å². The van der Waals surface area contributed by atoms with E-state index >= 15 is 0 Å². The highest BCUT2D eigenvalue weighted by atomic mass is 16.5. The van der Waals surface area contributed by atoms with Crippen LogP contribution in [0, 0.1) is 5.92 Å². The highest BCUT2D eigenvalue weighted by molar-refractivity contribution is 5.46. The molecule has 1 heterocycles. The van der Waals surface area contributed by atoms with Crippen LogP contribution >= 0.6 is 0 Å². The molecular weight excluding hydrogens is 248 g/mol. The van der Waals surface area contributed by atoms with Gasteiger partial charge in [0.2, 0.25) is 0 Å². The average molecular weight is 276 g/mol. The molecule has 1 aliphatic rings. The van der Waals surface area contributed by atoms with Crippen molar-refractivity contribution >= 4 is 5.69 Å².